The first-order chi connectivity index (χ1) is 21.2. The van der Waals surface area contributed by atoms with Crippen LogP contribution in [0.25, 0.3) is 16.9 Å². The first-order valence-electron chi connectivity index (χ1n) is 14.2. The van der Waals surface area contributed by atoms with Crippen molar-refractivity contribution >= 4 is 29.3 Å². The number of aliphatic hydroxyl groups excluding tert-OH is 3. The highest BCUT2D eigenvalue weighted by Gasteiger charge is 2.81. The number of ketones is 2. The molecule has 0 radical (unpaired) electrons. The highest BCUT2D eigenvalue weighted by atomic mass is 16.6. The summed E-state index contributed by atoms with van der Waals surface area (Å²) in [5, 5.41) is 67.8. The lowest BCUT2D eigenvalue weighted by Gasteiger charge is -2.49. The molecule has 2 aliphatic carbocycles. The number of phenolic OH excluding ortho intramolecular Hbond substituents is 2. The molecule has 0 amide bonds. The van der Waals surface area contributed by atoms with E-state index < -0.39 is 104 Å². The number of hydrogen-bond acceptors (Lipinski definition) is 14. The third-order valence-electron chi connectivity index (χ3n) is 9.89. The van der Waals surface area contributed by atoms with Crippen molar-refractivity contribution in [2.75, 3.05) is 7.11 Å². The molecule has 7 rings (SSSR count). The smallest absolute Gasteiger partial charge is 0.358 e. The lowest BCUT2D eigenvalue weighted by atomic mass is 9.62. The van der Waals surface area contributed by atoms with Gasteiger partial charge in [0.15, 0.2) is 5.78 Å². The van der Waals surface area contributed by atoms with Crippen molar-refractivity contribution < 1.29 is 68.8 Å². The van der Waals surface area contributed by atoms with Crippen LogP contribution < -0.4 is 9.47 Å². The standard InChI is InChI=1S/C31H28O14/c1-10-8-14(32)20-23(35)18-15(44-29(20,24(10)36)27(39)42-3)6-4-12(21(18)33)13-5-7-16-19(22(13)34)26(38)30(41)17-9-11(2)25(37)31(30,45-16)28(40)43-17/h4-7,10-11,17,24-25,33-37,41H,8-9H2,1-3H3/t10-,11-,17-,24-,25-,29+,30-,31+/m0/s1. The van der Waals surface area contributed by atoms with Crippen molar-refractivity contribution in [2.24, 2.45) is 11.8 Å². The number of hydrogen-bond donors (Lipinski definition) is 6. The molecule has 3 heterocycles. The van der Waals surface area contributed by atoms with E-state index in [1.807, 2.05) is 0 Å². The van der Waals surface area contributed by atoms with Crippen molar-refractivity contribution in [3.63, 3.8) is 0 Å². The van der Waals surface area contributed by atoms with E-state index in [2.05, 4.69) is 0 Å². The molecule has 1 saturated heterocycles. The summed E-state index contributed by atoms with van der Waals surface area (Å²) in [6, 6.07) is 4.86. The fourth-order valence-corrected chi connectivity index (χ4v) is 7.58. The van der Waals surface area contributed by atoms with E-state index in [4.69, 9.17) is 18.9 Å². The Hall–Kier alpha value is -4.66. The van der Waals surface area contributed by atoms with Crippen LogP contribution in [-0.2, 0) is 23.9 Å². The van der Waals surface area contributed by atoms with Gasteiger partial charge in [-0.1, -0.05) is 13.8 Å². The van der Waals surface area contributed by atoms with E-state index in [-0.39, 0.29) is 35.5 Å². The predicted molar refractivity (Wildman–Crippen MR) is 147 cm³/mol. The molecule has 14 heteroatoms. The van der Waals surface area contributed by atoms with E-state index in [9.17, 15) is 49.8 Å². The summed E-state index contributed by atoms with van der Waals surface area (Å²) in [7, 11) is 1.02. The van der Waals surface area contributed by atoms with Crippen molar-refractivity contribution in [2.45, 2.75) is 61.8 Å². The van der Waals surface area contributed by atoms with Gasteiger partial charge in [0.1, 0.15) is 58.2 Å². The first kappa shape index (κ1) is 29.1. The molecule has 45 heavy (non-hydrogen) atoms. The summed E-state index contributed by atoms with van der Waals surface area (Å²) in [4.78, 5) is 53.0. The number of ether oxygens (including phenoxy) is 4. The summed E-state index contributed by atoms with van der Waals surface area (Å²) in [5.74, 6) is -8.48. The van der Waals surface area contributed by atoms with E-state index in [1.54, 1.807) is 6.92 Å². The number of methoxy groups -OCH3 is 1. The van der Waals surface area contributed by atoms with Gasteiger partial charge in [0.2, 0.25) is 11.4 Å². The molecular formula is C31H28O14. The molecule has 2 saturated carbocycles. The normalized spacial score (nSPS) is 36.1. The largest absolute Gasteiger partial charge is 0.506 e. The van der Waals surface area contributed by atoms with Crippen LogP contribution in [0.1, 0.15) is 42.6 Å². The van der Waals surface area contributed by atoms with Crippen LogP contribution in [0.2, 0.25) is 0 Å². The van der Waals surface area contributed by atoms with Crippen LogP contribution in [0.5, 0.6) is 23.0 Å². The number of phenols is 2. The number of carbonyl (C=O) groups is 4. The van der Waals surface area contributed by atoms with Gasteiger partial charge in [-0.3, -0.25) is 9.59 Å². The number of Topliss-reactive ketones (excluding diaryl/α,β-unsaturated/α-hetero) is 2. The Labute approximate surface area is 254 Å². The van der Waals surface area contributed by atoms with Crippen LogP contribution >= 0.6 is 0 Å². The molecule has 5 aliphatic rings. The zero-order valence-corrected chi connectivity index (χ0v) is 24.1. The Morgan fingerprint density at radius 3 is 2.11 bits per heavy atom. The van der Waals surface area contributed by atoms with Gasteiger partial charge in [-0.15, -0.1) is 0 Å². The minimum Gasteiger partial charge on any atom is -0.506 e. The number of rotatable bonds is 2. The summed E-state index contributed by atoms with van der Waals surface area (Å²) >= 11 is 0. The number of aromatic hydroxyl groups is 2. The van der Waals surface area contributed by atoms with Gasteiger partial charge in [0.25, 0.3) is 11.2 Å². The summed E-state index contributed by atoms with van der Waals surface area (Å²) in [6.07, 6.45) is -4.90. The third-order valence-corrected chi connectivity index (χ3v) is 9.89. The molecule has 14 nitrogen and oxygen atoms in total. The Bertz CT molecular complexity index is 1790. The second kappa shape index (κ2) is 8.96. The van der Waals surface area contributed by atoms with Gasteiger partial charge in [-0.25, -0.2) is 9.59 Å². The zero-order chi connectivity index (χ0) is 32.5. The zero-order valence-electron chi connectivity index (χ0n) is 24.1. The van der Waals surface area contributed by atoms with Crippen LogP contribution in [0, 0.1) is 11.8 Å². The minimum atomic E-state index is -2.68. The van der Waals surface area contributed by atoms with Crippen LogP contribution in [0.4, 0.5) is 0 Å². The molecule has 2 bridgehead atoms. The molecule has 0 aromatic heterocycles. The van der Waals surface area contributed by atoms with Crippen molar-refractivity contribution in [1.82, 2.24) is 0 Å². The van der Waals surface area contributed by atoms with E-state index >= 15 is 0 Å². The molecule has 0 spiro atoms. The fraction of sp³-hybridized carbons (Fsp3) is 0.419. The first-order valence-corrected chi connectivity index (χ1v) is 14.2. The Balaban J connectivity index is 1.39. The fourth-order valence-electron chi connectivity index (χ4n) is 7.58. The topological polar surface area (TPSA) is 227 Å². The predicted octanol–water partition coefficient (Wildman–Crippen LogP) is 0.679. The Kier molecular flexibility index (Phi) is 5.79. The van der Waals surface area contributed by atoms with Gasteiger partial charge < -0.3 is 49.6 Å². The molecule has 2 aromatic carbocycles. The van der Waals surface area contributed by atoms with Gasteiger partial charge in [-0.05, 0) is 42.5 Å². The van der Waals surface area contributed by atoms with Gasteiger partial charge in [-0.2, -0.15) is 0 Å². The summed E-state index contributed by atoms with van der Waals surface area (Å²) < 4.78 is 21.8. The van der Waals surface area contributed by atoms with Gasteiger partial charge in [0.05, 0.1) is 12.7 Å². The second-order valence-corrected chi connectivity index (χ2v) is 12.3. The number of carbonyl (C=O) groups excluding carboxylic acids is 4. The van der Waals surface area contributed by atoms with Crippen molar-refractivity contribution in [3.05, 3.63) is 41.0 Å². The Morgan fingerprint density at radius 1 is 0.889 bits per heavy atom. The van der Waals surface area contributed by atoms with E-state index in [0.29, 0.717) is 0 Å². The number of benzene rings is 2. The Morgan fingerprint density at radius 2 is 1.49 bits per heavy atom. The van der Waals surface area contributed by atoms with E-state index in [0.717, 1.165) is 7.11 Å². The molecule has 3 aliphatic heterocycles. The highest BCUT2D eigenvalue weighted by molar-refractivity contribution is 6.16. The maximum Gasteiger partial charge on any atom is 0.358 e. The maximum atomic E-state index is 13.9. The minimum absolute atomic E-state index is 0.0607. The average molecular weight is 625 g/mol. The van der Waals surface area contributed by atoms with Crippen LogP contribution in [-0.4, -0.2) is 96.4 Å². The van der Waals surface area contributed by atoms with E-state index in [1.165, 1.54) is 31.2 Å². The summed E-state index contributed by atoms with van der Waals surface area (Å²) in [6.45, 7) is 3.13. The highest BCUT2D eigenvalue weighted by Crippen LogP contribution is 2.58. The monoisotopic (exact) mass is 624 g/mol. The molecule has 6 N–H and O–H groups in total. The molecular weight excluding hydrogens is 596 g/mol. The van der Waals surface area contributed by atoms with Crippen LogP contribution in [0.3, 0.4) is 0 Å². The molecule has 8 atom stereocenters. The molecule has 2 aromatic rings. The van der Waals surface area contributed by atoms with Crippen molar-refractivity contribution in [3.8, 4) is 34.1 Å². The van der Waals surface area contributed by atoms with Crippen LogP contribution in [0.15, 0.2) is 29.8 Å². The number of aliphatic hydroxyl groups is 4. The third kappa shape index (κ3) is 3.13. The average Bonchev–Trinajstić information content (AvgIpc) is 3.15. The molecule has 0 unspecified atom stereocenters. The molecule has 236 valence electrons. The summed E-state index contributed by atoms with van der Waals surface area (Å²) in [5.41, 5.74) is -9.52. The van der Waals surface area contributed by atoms with Crippen molar-refractivity contribution in [1.29, 1.82) is 0 Å². The van der Waals surface area contributed by atoms with Gasteiger partial charge >= 0.3 is 11.9 Å². The maximum absolute atomic E-state index is 13.9. The SMILES string of the molecule is COC(=O)[C@@]12Oc3ccc(-c4ccc5c(c4O)C(=O)[C@@]4(O)[C@@H]6C[C@H](C)[C@H](O)[C@@]4(O5)C(=O)O6)c(O)c3C(O)=C1C(=O)C[C@H](C)[C@@H]2O. The second-order valence-electron chi connectivity index (χ2n) is 12.3. The van der Waals surface area contributed by atoms with Gasteiger partial charge in [0, 0.05) is 17.5 Å². The number of esters is 2. The lowest BCUT2D eigenvalue weighted by Crippen LogP contribution is -2.76. The molecule has 3 fully saturated rings. The quantitative estimate of drug-likeness (QED) is 0.253. The number of fused-ring (bicyclic) bond motifs is 3. The lowest BCUT2D eigenvalue weighted by molar-refractivity contribution is -0.192.